The highest BCUT2D eigenvalue weighted by Crippen LogP contribution is 2.70. The van der Waals surface area contributed by atoms with E-state index < -0.39 is 0 Å². The van der Waals surface area contributed by atoms with Gasteiger partial charge in [-0.1, -0.05) is 90.5 Å². The summed E-state index contributed by atoms with van der Waals surface area (Å²) in [5.41, 5.74) is 0.116. The molecule has 0 spiro atoms. The summed E-state index contributed by atoms with van der Waals surface area (Å²) in [6, 6.07) is 0. The molecule has 0 radical (unpaired) electrons. The van der Waals surface area contributed by atoms with Gasteiger partial charge >= 0.3 is 0 Å². The lowest BCUT2D eigenvalue weighted by Gasteiger charge is -2.52. The quantitative estimate of drug-likeness (QED) is 0.454. The van der Waals surface area contributed by atoms with Crippen molar-refractivity contribution in [2.24, 2.45) is 21.7 Å². The number of rotatable bonds is 0. The van der Waals surface area contributed by atoms with Gasteiger partial charge in [0.1, 0.15) is 0 Å². The molecule has 0 amide bonds. The molecule has 1 heterocycles. The van der Waals surface area contributed by atoms with Gasteiger partial charge in [0.25, 0.3) is 0 Å². The van der Waals surface area contributed by atoms with E-state index in [-0.39, 0.29) is 40.3 Å². The summed E-state index contributed by atoms with van der Waals surface area (Å²) in [5.74, 6) is 0. The summed E-state index contributed by atoms with van der Waals surface area (Å²) in [5, 5.41) is 0. The minimum atomic E-state index is -0.147. The number of hydrogen-bond acceptors (Lipinski definition) is 1. The standard InChI is InChI=1S/C18H36O.C2H6.CH4/c1-13(2,3)17(11)15(7,8)16(9,10)18(12,19-17)14(4,5)6;1-2;/h1-12H3;1-2H3;1H4. The molecule has 136 valence electrons. The van der Waals surface area contributed by atoms with Crippen LogP contribution in [0.4, 0.5) is 0 Å². The molecule has 0 aromatic heterocycles. The Balaban J connectivity index is 0. The monoisotopic (exact) mass is 314 g/mol. The molecule has 22 heavy (non-hydrogen) atoms. The van der Waals surface area contributed by atoms with E-state index in [4.69, 9.17) is 4.74 Å². The topological polar surface area (TPSA) is 9.23 Å². The molecule has 1 aliphatic heterocycles. The normalized spacial score (nSPS) is 33.5. The fourth-order valence-corrected chi connectivity index (χ4v) is 4.04. The number of hydrogen-bond donors (Lipinski definition) is 0. The Kier molecular flexibility index (Phi) is 6.73. The van der Waals surface area contributed by atoms with Crippen molar-refractivity contribution in [1.29, 1.82) is 0 Å². The fraction of sp³-hybridized carbons (Fsp3) is 1.00. The first kappa shape index (κ1) is 24.2. The summed E-state index contributed by atoms with van der Waals surface area (Å²) >= 11 is 0. The summed E-state index contributed by atoms with van der Waals surface area (Å²) in [4.78, 5) is 0. The lowest BCUT2D eigenvalue weighted by molar-refractivity contribution is -0.198. The highest BCUT2D eigenvalue weighted by Gasteiger charge is 2.72. The van der Waals surface area contributed by atoms with Crippen LogP contribution in [-0.4, -0.2) is 11.2 Å². The lowest BCUT2D eigenvalue weighted by Crippen LogP contribution is -2.54. The van der Waals surface area contributed by atoms with Gasteiger partial charge < -0.3 is 4.74 Å². The SMILES string of the molecule is C.CC.CC(C)(C)C1(C)OC(C)(C(C)(C)C)C(C)(C)C1(C)C. The zero-order valence-electron chi connectivity index (χ0n) is 17.4. The zero-order chi connectivity index (χ0) is 17.7. The predicted molar refractivity (Wildman–Crippen MR) is 102 cm³/mol. The molecule has 0 aromatic carbocycles. The van der Waals surface area contributed by atoms with Crippen molar-refractivity contribution in [2.75, 3.05) is 0 Å². The lowest BCUT2D eigenvalue weighted by atomic mass is 9.49. The van der Waals surface area contributed by atoms with E-state index in [0.717, 1.165) is 0 Å². The minimum absolute atomic E-state index is 0. The van der Waals surface area contributed by atoms with Crippen LogP contribution in [0.1, 0.15) is 104 Å². The Morgan fingerprint density at radius 2 is 0.727 bits per heavy atom. The third kappa shape index (κ3) is 2.76. The molecule has 2 unspecified atom stereocenters. The molecule has 1 saturated heterocycles. The molecule has 0 aromatic rings. The Bertz CT molecular complexity index is 328. The molecular formula is C21H46O. The zero-order valence-corrected chi connectivity index (χ0v) is 17.4. The van der Waals surface area contributed by atoms with E-state index in [1.54, 1.807) is 0 Å². The van der Waals surface area contributed by atoms with Crippen molar-refractivity contribution >= 4 is 0 Å². The average Bonchev–Trinajstić information content (AvgIpc) is 2.38. The van der Waals surface area contributed by atoms with Crippen LogP contribution in [0.5, 0.6) is 0 Å². The molecule has 1 heteroatoms. The summed E-state index contributed by atoms with van der Waals surface area (Å²) in [7, 11) is 0. The smallest absolute Gasteiger partial charge is 0.0767 e. The van der Waals surface area contributed by atoms with Crippen LogP contribution in [0.25, 0.3) is 0 Å². The predicted octanol–water partition coefficient (Wildman–Crippen LogP) is 7.34. The van der Waals surface area contributed by atoms with Gasteiger partial charge in [-0.25, -0.2) is 0 Å². The molecule has 2 atom stereocenters. The highest BCUT2D eigenvalue weighted by molar-refractivity contribution is 5.20. The summed E-state index contributed by atoms with van der Waals surface area (Å²) in [6.45, 7) is 32.0. The van der Waals surface area contributed by atoms with Gasteiger partial charge in [-0.2, -0.15) is 0 Å². The van der Waals surface area contributed by atoms with Crippen LogP contribution in [0.3, 0.4) is 0 Å². The molecule has 0 bridgehead atoms. The van der Waals surface area contributed by atoms with Crippen molar-refractivity contribution in [3.8, 4) is 0 Å². The highest BCUT2D eigenvalue weighted by atomic mass is 16.5. The van der Waals surface area contributed by atoms with Gasteiger partial charge in [0, 0.05) is 10.8 Å². The first-order valence-corrected chi connectivity index (χ1v) is 8.66. The second kappa shape index (κ2) is 6.11. The average molecular weight is 315 g/mol. The molecule has 1 nitrogen and oxygen atoms in total. The second-order valence-corrected chi connectivity index (χ2v) is 9.92. The number of ether oxygens (including phenoxy) is 1. The molecule has 0 N–H and O–H groups in total. The van der Waals surface area contributed by atoms with Crippen LogP contribution < -0.4 is 0 Å². The molecule has 0 saturated carbocycles. The second-order valence-electron chi connectivity index (χ2n) is 9.92. The Hall–Kier alpha value is -0.0400. The van der Waals surface area contributed by atoms with Gasteiger partial charge in [0.2, 0.25) is 0 Å². The van der Waals surface area contributed by atoms with Crippen molar-refractivity contribution < 1.29 is 4.74 Å². The Morgan fingerprint density at radius 3 is 0.818 bits per heavy atom. The van der Waals surface area contributed by atoms with E-state index in [2.05, 4.69) is 83.1 Å². The van der Waals surface area contributed by atoms with Gasteiger partial charge in [-0.05, 0) is 24.7 Å². The first-order valence-electron chi connectivity index (χ1n) is 8.66. The van der Waals surface area contributed by atoms with E-state index in [9.17, 15) is 0 Å². The molecular weight excluding hydrogens is 268 g/mol. The van der Waals surface area contributed by atoms with Crippen LogP contribution in [-0.2, 0) is 4.74 Å². The Morgan fingerprint density at radius 1 is 0.545 bits per heavy atom. The summed E-state index contributed by atoms with van der Waals surface area (Å²) in [6.07, 6.45) is 0. The van der Waals surface area contributed by atoms with E-state index >= 15 is 0 Å². The largest absolute Gasteiger partial charge is 0.367 e. The van der Waals surface area contributed by atoms with Crippen molar-refractivity contribution in [3.05, 3.63) is 0 Å². The maximum Gasteiger partial charge on any atom is 0.0767 e. The van der Waals surface area contributed by atoms with Crippen molar-refractivity contribution in [3.63, 3.8) is 0 Å². The van der Waals surface area contributed by atoms with Crippen LogP contribution in [0.15, 0.2) is 0 Å². The van der Waals surface area contributed by atoms with Gasteiger partial charge in [0.15, 0.2) is 0 Å². The van der Waals surface area contributed by atoms with E-state index in [1.165, 1.54) is 0 Å². The molecule has 1 rings (SSSR count). The fourth-order valence-electron chi connectivity index (χ4n) is 4.04. The van der Waals surface area contributed by atoms with Crippen LogP contribution in [0, 0.1) is 21.7 Å². The first-order chi connectivity index (χ1) is 8.96. The van der Waals surface area contributed by atoms with Crippen molar-refractivity contribution in [1.82, 2.24) is 0 Å². The van der Waals surface area contributed by atoms with E-state index in [0.29, 0.717) is 0 Å². The summed E-state index contributed by atoms with van der Waals surface area (Å²) < 4.78 is 6.90. The minimum Gasteiger partial charge on any atom is -0.367 e. The van der Waals surface area contributed by atoms with Gasteiger partial charge in [-0.15, -0.1) is 0 Å². The van der Waals surface area contributed by atoms with Gasteiger partial charge in [-0.3, -0.25) is 0 Å². The molecule has 0 aliphatic carbocycles. The van der Waals surface area contributed by atoms with Gasteiger partial charge in [0.05, 0.1) is 11.2 Å². The third-order valence-corrected chi connectivity index (χ3v) is 7.22. The Labute approximate surface area is 142 Å². The maximum absolute atomic E-state index is 6.90. The third-order valence-electron chi connectivity index (χ3n) is 7.22. The van der Waals surface area contributed by atoms with E-state index in [1.807, 2.05) is 13.8 Å². The molecule has 1 fully saturated rings. The van der Waals surface area contributed by atoms with Crippen LogP contribution in [0.2, 0.25) is 0 Å². The molecule has 1 aliphatic rings. The maximum atomic E-state index is 6.90. The van der Waals surface area contributed by atoms with Crippen LogP contribution >= 0.6 is 0 Å². The van der Waals surface area contributed by atoms with Crippen molar-refractivity contribution in [2.45, 2.75) is 116 Å².